The summed E-state index contributed by atoms with van der Waals surface area (Å²) in [5.41, 5.74) is 0.706. The highest BCUT2D eigenvalue weighted by atomic mass is 35.5. The molecule has 0 bridgehead atoms. The van der Waals surface area contributed by atoms with E-state index >= 15 is 0 Å². The van der Waals surface area contributed by atoms with Gasteiger partial charge in [-0.25, -0.2) is 0 Å². The summed E-state index contributed by atoms with van der Waals surface area (Å²) in [7, 11) is 1.29. The molecule has 1 rings (SSSR count). The molecule has 1 atom stereocenters. The van der Waals surface area contributed by atoms with Gasteiger partial charge in [-0.1, -0.05) is 23.7 Å². The van der Waals surface area contributed by atoms with Gasteiger partial charge >= 0.3 is 5.97 Å². The average Bonchev–Trinajstić information content (AvgIpc) is 2.26. The summed E-state index contributed by atoms with van der Waals surface area (Å²) in [5, 5.41) is 10.4. The van der Waals surface area contributed by atoms with E-state index < -0.39 is 11.2 Å². The highest BCUT2D eigenvalue weighted by Gasteiger charge is 2.21. The first-order valence-corrected chi connectivity index (χ1v) is 5.33. The van der Waals surface area contributed by atoms with Crippen molar-refractivity contribution in [3.05, 3.63) is 34.9 Å². The van der Waals surface area contributed by atoms with Crippen LogP contribution in [0.4, 0.5) is 0 Å². The second-order valence-corrected chi connectivity index (χ2v) is 3.99. The molecule has 1 unspecified atom stereocenters. The van der Waals surface area contributed by atoms with Crippen molar-refractivity contribution in [3.63, 3.8) is 0 Å². The number of thioether (sulfide) groups is 1. The molecule has 0 N–H and O–H groups in total. The van der Waals surface area contributed by atoms with E-state index in [2.05, 4.69) is 4.74 Å². The lowest BCUT2D eigenvalue weighted by Gasteiger charge is -2.10. The summed E-state index contributed by atoms with van der Waals surface area (Å²) in [6, 6.07) is 6.75. The molecule has 78 valence electrons. The van der Waals surface area contributed by atoms with Gasteiger partial charge in [-0.15, -0.1) is 0 Å². The lowest BCUT2D eigenvalue weighted by atomic mass is 10.1. The van der Waals surface area contributed by atoms with Crippen LogP contribution < -0.4 is 0 Å². The average molecular weight is 242 g/mol. The Hall–Kier alpha value is -1.18. The van der Waals surface area contributed by atoms with Crippen LogP contribution in [0.25, 0.3) is 0 Å². The molecule has 0 aliphatic carbocycles. The number of hydrogen-bond acceptors (Lipinski definition) is 4. The number of ether oxygens (including phenoxy) is 1. The van der Waals surface area contributed by atoms with Gasteiger partial charge in [0.2, 0.25) is 0 Å². The van der Waals surface area contributed by atoms with Gasteiger partial charge in [0.15, 0.2) is 0 Å². The topological polar surface area (TPSA) is 50.1 Å². The van der Waals surface area contributed by atoms with E-state index in [4.69, 9.17) is 16.9 Å². The molecule has 0 aromatic heterocycles. The lowest BCUT2D eigenvalue weighted by molar-refractivity contribution is -0.140. The molecule has 1 aromatic rings. The molecule has 0 saturated carbocycles. The Labute approximate surface area is 97.0 Å². The Morgan fingerprint density at radius 3 is 2.60 bits per heavy atom. The molecule has 3 nitrogen and oxygen atoms in total. The standard InChI is InChI=1S/C10H8ClNO2S/c1-14-10(13)9(15-6-12)7-2-4-8(11)5-3-7/h2-5,9H,1H3. The number of thiocyanates is 1. The van der Waals surface area contributed by atoms with Crippen LogP contribution in [0.5, 0.6) is 0 Å². The Morgan fingerprint density at radius 2 is 2.13 bits per heavy atom. The number of rotatable bonds is 3. The van der Waals surface area contributed by atoms with E-state index in [1.54, 1.807) is 24.3 Å². The summed E-state index contributed by atoms with van der Waals surface area (Å²) in [6.07, 6.45) is 0. The van der Waals surface area contributed by atoms with Crippen LogP contribution in [0.1, 0.15) is 10.8 Å². The van der Waals surface area contributed by atoms with Gasteiger partial charge in [-0.05, 0) is 29.5 Å². The number of carbonyl (C=O) groups excluding carboxylic acids is 1. The van der Waals surface area contributed by atoms with E-state index in [0.29, 0.717) is 10.6 Å². The number of nitrogens with zero attached hydrogens (tertiary/aromatic N) is 1. The Balaban J connectivity index is 2.94. The van der Waals surface area contributed by atoms with Gasteiger partial charge < -0.3 is 4.74 Å². The predicted octanol–water partition coefficient (Wildman–Crippen LogP) is 2.77. The van der Waals surface area contributed by atoms with Gasteiger partial charge in [-0.2, -0.15) is 5.26 Å². The van der Waals surface area contributed by atoms with E-state index in [9.17, 15) is 4.79 Å². The molecule has 0 saturated heterocycles. The van der Waals surface area contributed by atoms with Gasteiger partial charge in [-0.3, -0.25) is 4.79 Å². The number of benzene rings is 1. The van der Waals surface area contributed by atoms with Crippen molar-refractivity contribution in [3.8, 4) is 5.40 Å². The van der Waals surface area contributed by atoms with Crippen molar-refractivity contribution in [1.82, 2.24) is 0 Å². The summed E-state index contributed by atoms with van der Waals surface area (Å²) < 4.78 is 4.61. The largest absolute Gasteiger partial charge is 0.468 e. The summed E-state index contributed by atoms with van der Waals surface area (Å²) in [4.78, 5) is 11.4. The number of halogens is 1. The minimum Gasteiger partial charge on any atom is -0.468 e. The maximum atomic E-state index is 11.4. The third-order valence-electron chi connectivity index (χ3n) is 1.76. The van der Waals surface area contributed by atoms with Gasteiger partial charge in [0.25, 0.3) is 0 Å². The van der Waals surface area contributed by atoms with Crippen molar-refractivity contribution >= 4 is 29.3 Å². The van der Waals surface area contributed by atoms with E-state index in [1.165, 1.54) is 7.11 Å². The van der Waals surface area contributed by atoms with Crippen molar-refractivity contribution in [1.29, 1.82) is 5.26 Å². The molecule has 0 heterocycles. The molecule has 15 heavy (non-hydrogen) atoms. The molecule has 0 radical (unpaired) electrons. The fourth-order valence-electron chi connectivity index (χ4n) is 1.05. The first-order chi connectivity index (χ1) is 7.19. The molecular formula is C10H8ClNO2S. The Morgan fingerprint density at radius 1 is 1.53 bits per heavy atom. The van der Waals surface area contributed by atoms with Crippen LogP contribution in [0.3, 0.4) is 0 Å². The maximum Gasteiger partial charge on any atom is 0.324 e. The predicted molar refractivity (Wildman–Crippen MR) is 59.4 cm³/mol. The van der Waals surface area contributed by atoms with E-state index in [-0.39, 0.29) is 0 Å². The first-order valence-electron chi connectivity index (χ1n) is 4.07. The highest BCUT2D eigenvalue weighted by Crippen LogP contribution is 2.29. The monoisotopic (exact) mass is 241 g/mol. The highest BCUT2D eigenvalue weighted by molar-refractivity contribution is 8.04. The van der Waals surface area contributed by atoms with Gasteiger partial charge in [0.05, 0.1) is 7.11 Å². The number of nitriles is 1. The number of esters is 1. The van der Waals surface area contributed by atoms with Crippen LogP contribution >= 0.6 is 23.4 Å². The number of methoxy groups -OCH3 is 1. The van der Waals surface area contributed by atoms with Crippen molar-refractivity contribution in [2.75, 3.05) is 7.11 Å². The molecule has 0 amide bonds. The van der Waals surface area contributed by atoms with Crippen LogP contribution in [0.2, 0.25) is 5.02 Å². The lowest BCUT2D eigenvalue weighted by Crippen LogP contribution is -2.10. The molecule has 5 heteroatoms. The Bertz CT molecular complexity index is 385. The third kappa shape index (κ3) is 3.15. The molecule has 0 aliphatic heterocycles. The maximum absolute atomic E-state index is 11.4. The quantitative estimate of drug-likeness (QED) is 0.603. The molecule has 0 fully saturated rings. The SMILES string of the molecule is COC(=O)C(SC#N)c1ccc(Cl)cc1. The molecule has 1 aromatic carbocycles. The molecule has 0 aliphatic rings. The Kier molecular flexibility index (Phi) is 4.47. The smallest absolute Gasteiger partial charge is 0.324 e. The minimum atomic E-state index is -0.614. The molecule has 0 spiro atoms. The fraction of sp³-hybridized carbons (Fsp3) is 0.200. The van der Waals surface area contributed by atoms with Crippen molar-refractivity contribution in [2.24, 2.45) is 0 Å². The van der Waals surface area contributed by atoms with E-state index in [1.807, 2.05) is 5.40 Å². The normalized spacial score (nSPS) is 11.5. The zero-order valence-corrected chi connectivity index (χ0v) is 9.51. The third-order valence-corrected chi connectivity index (χ3v) is 2.82. The van der Waals surface area contributed by atoms with Gasteiger partial charge in [0, 0.05) is 5.02 Å². The molecular weight excluding hydrogens is 234 g/mol. The van der Waals surface area contributed by atoms with Gasteiger partial charge in [0.1, 0.15) is 10.7 Å². The van der Waals surface area contributed by atoms with Crippen LogP contribution in [-0.4, -0.2) is 13.1 Å². The number of hydrogen-bond donors (Lipinski definition) is 0. The van der Waals surface area contributed by atoms with Crippen LogP contribution in [0, 0.1) is 10.7 Å². The zero-order chi connectivity index (χ0) is 11.3. The van der Waals surface area contributed by atoms with Crippen LogP contribution in [0.15, 0.2) is 24.3 Å². The van der Waals surface area contributed by atoms with Crippen molar-refractivity contribution < 1.29 is 9.53 Å². The minimum absolute atomic E-state index is 0.441. The summed E-state index contributed by atoms with van der Waals surface area (Å²) in [5.74, 6) is -0.441. The van der Waals surface area contributed by atoms with E-state index in [0.717, 1.165) is 11.8 Å². The first kappa shape index (κ1) is 11.9. The second kappa shape index (κ2) is 5.64. The van der Waals surface area contributed by atoms with Crippen molar-refractivity contribution in [2.45, 2.75) is 5.25 Å². The number of carbonyl (C=O) groups is 1. The summed E-state index contributed by atoms with van der Waals surface area (Å²) in [6.45, 7) is 0. The second-order valence-electron chi connectivity index (χ2n) is 2.66. The zero-order valence-electron chi connectivity index (χ0n) is 7.94. The fourth-order valence-corrected chi connectivity index (χ4v) is 1.77. The van der Waals surface area contributed by atoms with Crippen LogP contribution in [-0.2, 0) is 9.53 Å². The summed E-state index contributed by atoms with van der Waals surface area (Å²) >= 11 is 6.57.